The highest BCUT2D eigenvalue weighted by Crippen LogP contribution is 1.56. The van der Waals surface area contributed by atoms with Gasteiger partial charge in [-0.2, -0.15) is 9.59 Å². The second kappa shape index (κ2) is 164. The summed E-state index contributed by atoms with van der Waals surface area (Å²) < 4.78 is 0. The van der Waals surface area contributed by atoms with Crippen LogP contribution in [0, 0.1) is 0 Å². The molecule has 3 heteroatoms. The maximum atomic E-state index is 8.12. The highest BCUT2D eigenvalue weighted by Gasteiger charge is 1.35. The Kier molecular flexibility index (Phi) is 436. The fourth-order valence-corrected chi connectivity index (χ4v) is 0. The largest absolute Gasteiger partial charge is 0.373 e. The first-order valence-corrected chi connectivity index (χ1v) is 2.82. The van der Waals surface area contributed by atoms with Crippen LogP contribution in [0.1, 0.15) is 34.1 Å². The quantitative estimate of drug-likeness (QED) is 0.552. The lowest BCUT2D eigenvalue weighted by Gasteiger charge is -1.48. The summed E-state index contributed by atoms with van der Waals surface area (Å²) in [5.41, 5.74) is 0. The van der Waals surface area contributed by atoms with Crippen molar-refractivity contribution < 1.29 is 9.59 Å². The minimum atomic E-state index is 0. The van der Waals surface area contributed by atoms with E-state index < -0.39 is 0 Å². The summed E-state index contributed by atoms with van der Waals surface area (Å²) in [5, 5.41) is 0. The molecular weight excluding hydrogens is 118 g/mol. The Balaban J connectivity index is -0.0000000202. The van der Waals surface area contributed by atoms with Gasteiger partial charge >= 0.3 is 6.15 Å². The molecule has 0 rings (SSSR count). The molecule has 0 aliphatic rings. The van der Waals surface area contributed by atoms with Crippen LogP contribution in [0.25, 0.3) is 0 Å². The maximum absolute atomic E-state index is 8.12. The topological polar surface area (TPSA) is 69.1 Å². The van der Waals surface area contributed by atoms with Crippen LogP contribution in [-0.2, 0) is 9.59 Å². The van der Waals surface area contributed by atoms with Crippen LogP contribution in [0.4, 0.5) is 0 Å². The SMILES string of the molecule is CC.CCC.N.O=C=O. The fraction of sp³-hybridized carbons (Fsp3) is 0.833. The zero-order valence-electron chi connectivity index (χ0n) is 6.73. The van der Waals surface area contributed by atoms with E-state index in [1.165, 1.54) is 6.42 Å². The molecule has 0 spiro atoms. The van der Waals surface area contributed by atoms with E-state index in [2.05, 4.69) is 13.8 Å². The molecule has 0 aliphatic heterocycles. The van der Waals surface area contributed by atoms with Crippen LogP contribution in [-0.4, -0.2) is 6.15 Å². The van der Waals surface area contributed by atoms with E-state index >= 15 is 0 Å². The summed E-state index contributed by atoms with van der Waals surface area (Å²) in [6, 6.07) is 0. The number of hydrogen-bond donors (Lipinski definition) is 1. The van der Waals surface area contributed by atoms with Gasteiger partial charge in [-0.25, -0.2) is 0 Å². The Morgan fingerprint density at radius 2 is 1.11 bits per heavy atom. The molecule has 0 heterocycles. The van der Waals surface area contributed by atoms with Crippen molar-refractivity contribution in [1.82, 2.24) is 6.15 Å². The van der Waals surface area contributed by atoms with Crippen LogP contribution >= 0.6 is 0 Å². The van der Waals surface area contributed by atoms with Crippen molar-refractivity contribution in [2.75, 3.05) is 0 Å². The molecule has 0 radical (unpaired) electrons. The molecule has 0 aliphatic carbocycles. The minimum absolute atomic E-state index is 0. The molecule has 58 valence electrons. The van der Waals surface area contributed by atoms with Gasteiger partial charge in [-0.15, -0.1) is 0 Å². The third kappa shape index (κ3) is 480. The number of hydrogen-bond acceptors (Lipinski definition) is 3. The molecule has 0 aromatic heterocycles. The summed E-state index contributed by atoms with van der Waals surface area (Å²) >= 11 is 0. The summed E-state index contributed by atoms with van der Waals surface area (Å²) in [6.45, 7) is 8.25. The Morgan fingerprint density at radius 1 is 1.11 bits per heavy atom. The lowest BCUT2D eigenvalue weighted by Crippen LogP contribution is -1.27. The lowest BCUT2D eigenvalue weighted by atomic mass is 10.6. The first kappa shape index (κ1) is 23.9. The number of carbonyl (C=O) groups excluding carboxylic acids is 2. The van der Waals surface area contributed by atoms with E-state index in [0.29, 0.717) is 0 Å². The molecule has 0 saturated carbocycles. The molecule has 0 amide bonds. The second-order valence-electron chi connectivity index (χ2n) is 0.790. The zero-order chi connectivity index (χ0) is 7.41. The van der Waals surface area contributed by atoms with Gasteiger partial charge in [-0.05, 0) is 0 Å². The van der Waals surface area contributed by atoms with Gasteiger partial charge in [0.25, 0.3) is 0 Å². The van der Waals surface area contributed by atoms with Crippen LogP contribution in [0.15, 0.2) is 0 Å². The Morgan fingerprint density at radius 3 is 1.11 bits per heavy atom. The monoisotopic (exact) mass is 135 g/mol. The highest BCUT2D eigenvalue weighted by atomic mass is 16.2. The molecule has 0 unspecified atom stereocenters. The van der Waals surface area contributed by atoms with Crippen LogP contribution < -0.4 is 6.15 Å². The Labute approximate surface area is 57.0 Å². The third-order valence-corrected chi connectivity index (χ3v) is 0. The van der Waals surface area contributed by atoms with E-state index in [1.807, 2.05) is 13.8 Å². The van der Waals surface area contributed by atoms with Crippen molar-refractivity contribution in [3.8, 4) is 0 Å². The molecule has 0 aromatic rings. The second-order valence-corrected chi connectivity index (χ2v) is 0.790. The van der Waals surface area contributed by atoms with Gasteiger partial charge in [0.1, 0.15) is 0 Å². The van der Waals surface area contributed by atoms with Gasteiger partial charge in [-0.1, -0.05) is 34.1 Å². The average molecular weight is 135 g/mol. The lowest BCUT2D eigenvalue weighted by molar-refractivity contribution is -0.191. The van der Waals surface area contributed by atoms with Crippen molar-refractivity contribution in [3.05, 3.63) is 0 Å². The fourth-order valence-electron chi connectivity index (χ4n) is 0. The van der Waals surface area contributed by atoms with E-state index in [4.69, 9.17) is 9.59 Å². The molecule has 0 saturated heterocycles. The van der Waals surface area contributed by atoms with E-state index in [9.17, 15) is 0 Å². The summed E-state index contributed by atoms with van der Waals surface area (Å²) in [7, 11) is 0. The highest BCUT2D eigenvalue weighted by molar-refractivity contribution is 5.20. The average Bonchev–Trinajstić information content (AvgIpc) is 1.75. The Bertz CT molecular complexity index is 40.3. The van der Waals surface area contributed by atoms with Gasteiger partial charge in [0, 0.05) is 0 Å². The maximum Gasteiger partial charge on any atom is 0.373 e. The smallest absolute Gasteiger partial charge is 0.344 e. The number of rotatable bonds is 0. The minimum Gasteiger partial charge on any atom is -0.344 e. The van der Waals surface area contributed by atoms with Gasteiger partial charge in [0.05, 0.1) is 0 Å². The van der Waals surface area contributed by atoms with Crippen LogP contribution in [0.3, 0.4) is 0 Å². The van der Waals surface area contributed by atoms with Gasteiger partial charge < -0.3 is 6.15 Å². The molecule has 0 bridgehead atoms. The van der Waals surface area contributed by atoms with Crippen LogP contribution in [0.5, 0.6) is 0 Å². The molecule has 0 fully saturated rings. The standard InChI is InChI=1S/C3H8.C2H6.CO2.H3N/c1-3-2;1-2;2-1-3;/h3H2,1-2H3;1-2H3;;1H3. The van der Waals surface area contributed by atoms with Crippen molar-refractivity contribution >= 4 is 6.15 Å². The molecule has 9 heavy (non-hydrogen) atoms. The molecule has 0 aromatic carbocycles. The van der Waals surface area contributed by atoms with Crippen LogP contribution in [0.2, 0.25) is 0 Å². The predicted molar refractivity (Wildman–Crippen MR) is 37.3 cm³/mol. The summed E-state index contributed by atoms with van der Waals surface area (Å²) in [5.74, 6) is 0. The summed E-state index contributed by atoms with van der Waals surface area (Å²) in [6.07, 6.45) is 1.50. The van der Waals surface area contributed by atoms with Crippen molar-refractivity contribution in [3.63, 3.8) is 0 Å². The van der Waals surface area contributed by atoms with Gasteiger partial charge in [0.15, 0.2) is 0 Å². The Hall–Kier alpha value is -0.660. The first-order chi connectivity index (χ1) is 3.83. The van der Waals surface area contributed by atoms with Gasteiger partial charge in [-0.3, -0.25) is 0 Å². The van der Waals surface area contributed by atoms with E-state index in [-0.39, 0.29) is 12.3 Å². The normalized spacial score (nSPS) is 3.56. The van der Waals surface area contributed by atoms with Crippen molar-refractivity contribution in [2.45, 2.75) is 34.1 Å². The van der Waals surface area contributed by atoms with Crippen molar-refractivity contribution in [1.29, 1.82) is 0 Å². The van der Waals surface area contributed by atoms with E-state index in [0.717, 1.165) is 0 Å². The third-order valence-electron chi connectivity index (χ3n) is 0. The predicted octanol–water partition coefficient (Wildman–Crippen LogP) is 2.02. The zero-order valence-corrected chi connectivity index (χ0v) is 6.73. The molecule has 3 nitrogen and oxygen atoms in total. The van der Waals surface area contributed by atoms with Crippen molar-refractivity contribution in [2.24, 2.45) is 0 Å². The molecule has 3 N–H and O–H groups in total. The molecule has 0 atom stereocenters. The van der Waals surface area contributed by atoms with E-state index in [1.54, 1.807) is 0 Å². The molecular formula is C6H17NO2. The van der Waals surface area contributed by atoms with Gasteiger partial charge in [0.2, 0.25) is 0 Å². The summed E-state index contributed by atoms with van der Waals surface area (Å²) in [4.78, 5) is 16.2. The first-order valence-electron chi connectivity index (χ1n) is 2.82.